The van der Waals surface area contributed by atoms with E-state index in [9.17, 15) is 4.79 Å². The fourth-order valence-electron chi connectivity index (χ4n) is 1.13. The summed E-state index contributed by atoms with van der Waals surface area (Å²) < 4.78 is 4.90. The molecule has 0 bridgehead atoms. The van der Waals surface area contributed by atoms with Gasteiger partial charge >= 0.3 is 5.97 Å². The number of rotatable bonds is 6. The van der Waals surface area contributed by atoms with Crippen molar-refractivity contribution in [3.63, 3.8) is 0 Å². The van der Waals surface area contributed by atoms with Gasteiger partial charge in [0.05, 0.1) is 0 Å². The molecule has 0 aliphatic rings. The molecule has 0 N–H and O–H groups in total. The largest absolute Gasteiger partial charge is 0.453 e. The average Bonchev–Trinajstić information content (AvgIpc) is 2.12. The van der Waals surface area contributed by atoms with Crippen LogP contribution in [0.3, 0.4) is 0 Å². The van der Waals surface area contributed by atoms with E-state index in [0.717, 1.165) is 12.8 Å². The van der Waals surface area contributed by atoms with Gasteiger partial charge in [0.15, 0.2) is 0 Å². The average molecular weight is 182 g/mol. The van der Waals surface area contributed by atoms with E-state index < -0.39 is 5.97 Å². The second kappa shape index (κ2) is 7.67. The quantitative estimate of drug-likeness (QED) is 0.273. The lowest BCUT2D eigenvalue weighted by Crippen LogP contribution is -2.12. The summed E-state index contributed by atoms with van der Waals surface area (Å²) in [5.41, 5.74) is 0. The molecule has 0 aromatic rings. The van der Waals surface area contributed by atoms with Gasteiger partial charge in [-0.3, -0.25) is 0 Å². The first-order chi connectivity index (χ1) is 6.20. The van der Waals surface area contributed by atoms with Crippen molar-refractivity contribution in [2.24, 2.45) is 0 Å². The van der Waals surface area contributed by atoms with Crippen LogP contribution in [0.2, 0.25) is 0 Å². The van der Waals surface area contributed by atoms with Crippen molar-refractivity contribution in [1.29, 1.82) is 0 Å². The lowest BCUT2D eigenvalue weighted by Gasteiger charge is -2.10. The first kappa shape index (κ1) is 12.0. The molecule has 0 fully saturated rings. The summed E-state index contributed by atoms with van der Waals surface area (Å²) in [7, 11) is 0. The van der Waals surface area contributed by atoms with Gasteiger partial charge in [-0.05, 0) is 19.8 Å². The summed E-state index contributed by atoms with van der Waals surface area (Å²) in [6.07, 6.45) is 10.5. The fraction of sp³-hybridized carbons (Fsp3) is 0.727. The van der Waals surface area contributed by atoms with Crippen molar-refractivity contribution >= 4 is 5.97 Å². The van der Waals surface area contributed by atoms with Crippen LogP contribution in [0.1, 0.15) is 46.0 Å². The van der Waals surface area contributed by atoms with Gasteiger partial charge in [0.2, 0.25) is 0 Å². The highest BCUT2D eigenvalue weighted by atomic mass is 16.5. The van der Waals surface area contributed by atoms with E-state index in [4.69, 9.17) is 11.2 Å². The molecule has 0 aliphatic carbocycles. The van der Waals surface area contributed by atoms with Crippen LogP contribution in [-0.4, -0.2) is 12.1 Å². The number of carbonyl (C=O) groups excluding carboxylic acids is 1. The number of esters is 1. The smallest absolute Gasteiger partial charge is 0.384 e. The van der Waals surface area contributed by atoms with Gasteiger partial charge in [0, 0.05) is 5.92 Å². The maximum absolute atomic E-state index is 10.7. The summed E-state index contributed by atoms with van der Waals surface area (Å²) in [6, 6.07) is 0. The second-order valence-corrected chi connectivity index (χ2v) is 3.21. The Morgan fingerprint density at radius 2 is 2.15 bits per heavy atom. The summed E-state index contributed by atoms with van der Waals surface area (Å²) in [5.74, 6) is 1.38. The molecule has 2 heteroatoms. The van der Waals surface area contributed by atoms with Gasteiger partial charge < -0.3 is 4.74 Å². The van der Waals surface area contributed by atoms with Crippen molar-refractivity contribution < 1.29 is 9.53 Å². The molecule has 0 aliphatic heterocycles. The van der Waals surface area contributed by atoms with E-state index in [2.05, 4.69) is 6.92 Å². The van der Waals surface area contributed by atoms with Gasteiger partial charge in [-0.1, -0.05) is 26.2 Å². The van der Waals surface area contributed by atoms with Crippen LogP contribution < -0.4 is 0 Å². The minimum Gasteiger partial charge on any atom is -0.453 e. The molecule has 0 saturated carbocycles. The molecule has 0 aromatic heterocycles. The molecule has 13 heavy (non-hydrogen) atoms. The Balaban J connectivity index is 3.36. The van der Waals surface area contributed by atoms with E-state index >= 15 is 0 Å². The minimum absolute atomic E-state index is 0.0413. The predicted octanol–water partition coefficient (Wildman–Crippen LogP) is 2.52. The maximum Gasteiger partial charge on any atom is 0.384 e. The predicted molar refractivity (Wildman–Crippen MR) is 53.1 cm³/mol. The van der Waals surface area contributed by atoms with Crippen LogP contribution in [-0.2, 0) is 9.53 Å². The minimum atomic E-state index is -0.553. The molecule has 0 radical (unpaired) electrons. The zero-order valence-electron chi connectivity index (χ0n) is 8.51. The number of carbonyl (C=O) groups is 1. The van der Waals surface area contributed by atoms with Crippen LogP contribution in [0.5, 0.6) is 0 Å². The molecule has 0 unspecified atom stereocenters. The second-order valence-electron chi connectivity index (χ2n) is 3.21. The third kappa shape index (κ3) is 7.39. The van der Waals surface area contributed by atoms with E-state index in [1.165, 1.54) is 19.3 Å². The summed E-state index contributed by atoms with van der Waals surface area (Å²) in [4.78, 5) is 10.7. The third-order valence-corrected chi connectivity index (χ3v) is 1.89. The molecule has 1 atom stereocenters. The molecule has 0 saturated heterocycles. The van der Waals surface area contributed by atoms with Gasteiger partial charge in [-0.15, -0.1) is 6.42 Å². The van der Waals surface area contributed by atoms with Crippen LogP contribution in [0, 0.1) is 12.3 Å². The van der Waals surface area contributed by atoms with Crippen molar-refractivity contribution in [3.05, 3.63) is 0 Å². The number of unbranched alkanes of at least 4 members (excludes halogenated alkanes) is 3. The Labute approximate surface area is 80.7 Å². The zero-order chi connectivity index (χ0) is 10.1. The summed E-state index contributed by atoms with van der Waals surface area (Å²) >= 11 is 0. The lowest BCUT2D eigenvalue weighted by molar-refractivity contribution is -0.141. The molecule has 2 nitrogen and oxygen atoms in total. The Bertz CT molecular complexity index is 179. The Hall–Kier alpha value is -0.970. The van der Waals surface area contributed by atoms with Gasteiger partial charge in [0.25, 0.3) is 0 Å². The van der Waals surface area contributed by atoms with E-state index in [-0.39, 0.29) is 6.10 Å². The lowest BCUT2D eigenvalue weighted by atomic mass is 10.1. The van der Waals surface area contributed by atoms with E-state index in [1.54, 1.807) is 0 Å². The molecule has 0 aromatic carbocycles. The van der Waals surface area contributed by atoms with Gasteiger partial charge in [-0.25, -0.2) is 4.79 Å². The maximum atomic E-state index is 10.7. The van der Waals surface area contributed by atoms with Gasteiger partial charge in [-0.2, -0.15) is 0 Å². The van der Waals surface area contributed by atoms with Crippen LogP contribution in [0.4, 0.5) is 0 Å². The number of hydrogen-bond donors (Lipinski definition) is 0. The highest BCUT2D eigenvalue weighted by Crippen LogP contribution is 2.07. The Morgan fingerprint density at radius 1 is 1.46 bits per heavy atom. The summed E-state index contributed by atoms with van der Waals surface area (Å²) in [6.45, 7) is 4.04. The Kier molecular flexibility index (Phi) is 7.10. The standard InChI is InChI=1S/C11H18O2/c1-4-6-7-8-9-10(3)13-11(12)5-2/h2,10H,4,6-9H2,1,3H3/t10-/m0/s1. The third-order valence-electron chi connectivity index (χ3n) is 1.89. The monoisotopic (exact) mass is 182 g/mol. The molecule has 0 amide bonds. The topological polar surface area (TPSA) is 26.3 Å². The number of terminal acetylenes is 1. The Morgan fingerprint density at radius 3 is 2.69 bits per heavy atom. The normalized spacial score (nSPS) is 11.8. The van der Waals surface area contributed by atoms with Crippen LogP contribution in [0.25, 0.3) is 0 Å². The molecule has 0 rings (SSSR count). The fourth-order valence-corrected chi connectivity index (χ4v) is 1.13. The van der Waals surface area contributed by atoms with Crippen molar-refractivity contribution in [2.75, 3.05) is 0 Å². The SMILES string of the molecule is C#CC(=O)O[C@@H](C)CCCCCC. The number of ether oxygens (including phenoxy) is 1. The summed E-state index contributed by atoms with van der Waals surface area (Å²) in [5, 5.41) is 0. The molecule has 0 spiro atoms. The van der Waals surface area contributed by atoms with E-state index in [1.807, 2.05) is 12.8 Å². The van der Waals surface area contributed by atoms with Crippen LogP contribution in [0.15, 0.2) is 0 Å². The first-order valence-electron chi connectivity index (χ1n) is 4.88. The van der Waals surface area contributed by atoms with Crippen molar-refractivity contribution in [2.45, 2.75) is 52.1 Å². The molecule has 0 heterocycles. The first-order valence-corrected chi connectivity index (χ1v) is 4.88. The molecular weight excluding hydrogens is 164 g/mol. The highest BCUT2D eigenvalue weighted by molar-refractivity contribution is 5.87. The zero-order valence-corrected chi connectivity index (χ0v) is 8.51. The molecule has 74 valence electrons. The number of hydrogen-bond acceptors (Lipinski definition) is 2. The van der Waals surface area contributed by atoms with Gasteiger partial charge in [0.1, 0.15) is 6.10 Å². The van der Waals surface area contributed by atoms with Crippen LogP contribution >= 0.6 is 0 Å². The molecular formula is C11H18O2. The van der Waals surface area contributed by atoms with Crippen molar-refractivity contribution in [1.82, 2.24) is 0 Å². The van der Waals surface area contributed by atoms with E-state index in [0.29, 0.717) is 0 Å². The van der Waals surface area contributed by atoms with Crippen molar-refractivity contribution in [3.8, 4) is 12.3 Å². The highest BCUT2D eigenvalue weighted by Gasteiger charge is 2.05.